The van der Waals surface area contributed by atoms with Crippen LogP contribution in [0.3, 0.4) is 0 Å². The summed E-state index contributed by atoms with van der Waals surface area (Å²) in [6.07, 6.45) is 5.54. The molecular formula is C21H21ClN2O. The number of anilines is 1. The number of nitrogens with zero attached hydrogens (tertiary/aromatic N) is 1. The molecule has 3 unspecified atom stereocenters. The van der Waals surface area contributed by atoms with E-state index >= 15 is 0 Å². The van der Waals surface area contributed by atoms with Gasteiger partial charge in [0.2, 0.25) is 0 Å². The van der Waals surface area contributed by atoms with Gasteiger partial charge in [-0.1, -0.05) is 42.0 Å². The van der Waals surface area contributed by atoms with Crippen molar-refractivity contribution in [2.24, 2.45) is 5.92 Å². The summed E-state index contributed by atoms with van der Waals surface area (Å²) in [5, 5.41) is 4.47. The minimum absolute atomic E-state index is 0.0366. The summed E-state index contributed by atoms with van der Waals surface area (Å²) in [5.74, 6) is 0.763. The van der Waals surface area contributed by atoms with Gasteiger partial charge in [0, 0.05) is 36.3 Å². The second-order valence-corrected chi connectivity index (χ2v) is 7.41. The highest BCUT2D eigenvalue weighted by Gasteiger charge is 2.38. The maximum atomic E-state index is 12.3. The molecule has 0 saturated carbocycles. The first kappa shape index (κ1) is 16.2. The molecule has 0 aromatic heterocycles. The summed E-state index contributed by atoms with van der Waals surface area (Å²) >= 11 is 6.47. The van der Waals surface area contributed by atoms with E-state index in [2.05, 4.69) is 23.5 Å². The monoisotopic (exact) mass is 352 g/mol. The average Bonchev–Trinajstić information content (AvgIpc) is 3.10. The first-order chi connectivity index (χ1) is 12.1. The fraction of sp³-hybridized carbons (Fsp3) is 0.286. The molecule has 4 heteroatoms. The van der Waals surface area contributed by atoms with E-state index in [4.69, 9.17) is 11.6 Å². The summed E-state index contributed by atoms with van der Waals surface area (Å²) in [5.41, 5.74) is 4.17. The molecule has 0 radical (unpaired) electrons. The van der Waals surface area contributed by atoms with Crippen LogP contribution in [0.1, 0.15) is 39.9 Å². The second kappa shape index (κ2) is 6.23. The maximum absolute atomic E-state index is 12.3. The van der Waals surface area contributed by atoms with Crippen LogP contribution in [0.4, 0.5) is 5.69 Å². The van der Waals surface area contributed by atoms with Crippen molar-refractivity contribution >= 4 is 23.2 Å². The van der Waals surface area contributed by atoms with Crippen LogP contribution in [0.2, 0.25) is 5.02 Å². The molecule has 1 heterocycles. The highest BCUT2D eigenvalue weighted by Crippen LogP contribution is 2.50. The van der Waals surface area contributed by atoms with Crippen LogP contribution in [-0.4, -0.2) is 24.9 Å². The number of halogens is 1. The summed E-state index contributed by atoms with van der Waals surface area (Å²) in [4.78, 5) is 13.9. The quantitative estimate of drug-likeness (QED) is 0.782. The molecule has 1 amide bonds. The molecule has 2 aromatic carbocycles. The number of carbonyl (C=O) groups is 1. The Kier molecular flexibility index (Phi) is 4.04. The number of hydrogen-bond donors (Lipinski definition) is 1. The molecule has 25 heavy (non-hydrogen) atoms. The standard InChI is InChI=1S/C21H21ClN2O/c1-24(2)21(25)13-10-11-19-17(12-13)14-7-5-8-15(14)20(23-19)16-6-3-4-9-18(16)22/h3-7,9-12,14-15,20,23H,8H2,1-2H3. The van der Waals surface area contributed by atoms with Crippen molar-refractivity contribution in [3.63, 3.8) is 0 Å². The van der Waals surface area contributed by atoms with Gasteiger partial charge in [-0.3, -0.25) is 4.79 Å². The van der Waals surface area contributed by atoms with Crippen LogP contribution in [0.15, 0.2) is 54.6 Å². The Morgan fingerprint density at radius 1 is 1.16 bits per heavy atom. The van der Waals surface area contributed by atoms with E-state index in [0.29, 0.717) is 11.8 Å². The van der Waals surface area contributed by atoms with E-state index < -0.39 is 0 Å². The lowest BCUT2D eigenvalue weighted by Crippen LogP contribution is -2.30. The van der Waals surface area contributed by atoms with Crippen LogP contribution in [-0.2, 0) is 0 Å². The minimum atomic E-state index is 0.0366. The SMILES string of the molecule is CN(C)C(=O)c1ccc2c(c1)C1C=CCC1C(c1ccccc1Cl)N2. The Morgan fingerprint density at radius 3 is 2.72 bits per heavy atom. The van der Waals surface area contributed by atoms with Crippen molar-refractivity contribution in [1.82, 2.24) is 4.90 Å². The topological polar surface area (TPSA) is 32.3 Å². The van der Waals surface area contributed by atoms with E-state index in [1.807, 2.05) is 36.4 Å². The molecule has 0 fully saturated rings. The maximum Gasteiger partial charge on any atom is 0.253 e. The fourth-order valence-electron chi connectivity index (χ4n) is 4.02. The molecule has 0 bridgehead atoms. The molecule has 1 N–H and O–H groups in total. The molecule has 2 aromatic rings. The molecule has 2 aliphatic rings. The average molecular weight is 353 g/mol. The van der Waals surface area contributed by atoms with Gasteiger partial charge in [0.25, 0.3) is 5.91 Å². The normalized spacial score (nSPS) is 23.6. The van der Waals surface area contributed by atoms with Crippen LogP contribution in [0.25, 0.3) is 0 Å². The van der Waals surface area contributed by atoms with Gasteiger partial charge in [0.15, 0.2) is 0 Å². The predicted molar refractivity (Wildman–Crippen MR) is 102 cm³/mol. The number of hydrogen-bond acceptors (Lipinski definition) is 2. The Balaban J connectivity index is 1.76. The molecule has 0 spiro atoms. The Labute approximate surface area is 153 Å². The lowest BCUT2D eigenvalue weighted by atomic mass is 9.76. The number of rotatable bonds is 2. The van der Waals surface area contributed by atoms with Gasteiger partial charge in [-0.2, -0.15) is 0 Å². The van der Waals surface area contributed by atoms with Gasteiger partial charge in [0.05, 0.1) is 6.04 Å². The Hall–Kier alpha value is -2.26. The van der Waals surface area contributed by atoms with E-state index in [-0.39, 0.29) is 11.9 Å². The summed E-state index contributed by atoms with van der Waals surface area (Å²) < 4.78 is 0. The van der Waals surface area contributed by atoms with E-state index in [1.165, 1.54) is 5.56 Å². The zero-order valence-corrected chi connectivity index (χ0v) is 15.1. The highest BCUT2D eigenvalue weighted by atomic mass is 35.5. The minimum Gasteiger partial charge on any atom is -0.378 e. The Bertz CT molecular complexity index is 859. The molecule has 1 aliphatic heterocycles. The van der Waals surface area contributed by atoms with E-state index in [0.717, 1.165) is 28.3 Å². The fourth-order valence-corrected chi connectivity index (χ4v) is 4.27. The van der Waals surface area contributed by atoms with Crippen LogP contribution in [0, 0.1) is 5.92 Å². The zero-order chi connectivity index (χ0) is 17.6. The van der Waals surface area contributed by atoms with E-state index in [9.17, 15) is 4.79 Å². The van der Waals surface area contributed by atoms with Gasteiger partial charge in [-0.25, -0.2) is 0 Å². The lowest BCUT2D eigenvalue weighted by Gasteiger charge is -2.38. The number of benzene rings is 2. The lowest BCUT2D eigenvalue weighted by molar-refractivity contribution is 0.0827. The number of nitrogens with one attached hydrogen (secondary N) is 1. The zero-order valence-electron chi connectivity index (χ0n) is 14.4. The molecular weight excluding hydrogens is 332 g/mol. The van der Waals surface area contributed by atoms with Gasteiger partial charge in [0.1, 0.15) is 0 Å². The largest absolute Gasteiger partial charge is 0.378 e. The third kappa shape index (κ3) is 2.73. The molecule has 1 aliphatic carbocycles. The van der Waals surface area contributed by atoms with Crippen molar-refractivity contribution in [3.05, 3.63) is 76.3 Å². The van der Waals surface area contributed by atoms with Crippen LogP contribution >= 0.6 is 11.6 Å². The number of carbonyl (C=O) groups excluding carboxylic acids is 1. The molecule has 3 atom stereocenters. The van der Waals surface area contributed by atoms with Crippen LogP contribution in [0.5, 0.6) is 0 Å². The third-order valence-corrected chi connectivity index (χ3v) is 5.60. The second-order valence-electron chi connectivity index (χ2n) is 7.00. The van der Waals surface area contributed by atoms with E-state index in [1.54, 1.807) is 19.0 Å². The van der Waals surface area contributed by atoms with Crippen molar-refractivity contribution in [3.8, 4) is 0 Å². The van der Waals surface area contributed by atoms with Gasteiger partial charge in [-0.15, -0.1) is 0 Å². The third-order valence-electron chi connectivity index (χ3n) is 5.26. The van der Waals surface area contributed by atoms with Gasteiger partial charge in [-0.05, 0) is 47.7 Å². The van der Waals surface area contributed by atoms with Crippen molar-refractivity contribution in [1.29, 1.82) is 0 Å². The number of amides is 1. The smallest absolute Gasteiger partial charge is 0.253 e. The van der Waals surface area contributed by atoms with Crippen LogP contribution < -0.4 is 5.32 Å². The summed E-state index contributed by atoms with van der Waals surface area (Å²) in [6, 6.07) is 14.2. The molecule has 128 valence electrons. The molecule has 4 rings (SSSR count). The first-order valence-corrected chi connectivity index (χ1v) is 8.97. The van der Waals surface area contributed by atoms with Crippen molar-refractivity contribution in [2.45, 2.75) is 18.4 Å². The van der Waals surface area contributed by atoms with Crippen molar-refractivity contribution in [2.75, 3.05) is 19.4 Å². The number of allylic oxidation sites excluding steroid dienone is 2. The molecule has 3 nitrogen and oxygen atoms in total. The van der Waals surface area contributed by atoms with Gasteiger partial charge >= 0.3 is 0 Å². The number of fused-ring (bicyclic) bond motifs is 3. The van der Waals surface area contributed by atoms with Crippen molar-refractivity contribution < 1.29 is 4.79 Å². The Morgan fingerprint density at radius 2 is 1.96 bits per heavy atom. The summed E-state index contributed by atoms with van der Waals surface area (Å²) in [6.45, 7) is 0. The molecule has 0 saturated heterocycles. The predicted octanol–water partition coefficient (Wildman–Crippen LogP) is 4.87. The highest BCUT2D eigenvalue weighted by molar-refractivity contribution is 6.31. The van der Waals surface area contributed by atoms with Gasteiger partial charge < -0.3 is 10.2 Å². The first-order valence-electron chi connectivity index (χ1n) is 8.59. The summed E-state index contributed by atoms with van der Waals surface area (Å²) in [7, 11) is 3.57.